The smallest absolute Gasteiger partial charge is 0.184 e. The second-order valence-corrected chi connectivity index (χ2v) is 5.23. The van der Waals surface area contributed by atoms with E-state index in [9.17, 15) is 0 Å². The number of fused-ring (bicyclic) bond motifs is 1. The summed E-state index contributed by atoms with van der Waals surface area (Å²) in [5.41, 5.74) is 6.60. The van der Waals surface area contributed by atoms with Crippen LogP contribution in [0.25, 0.3) is 10.2 Å². The molecule has 0 aliphatic heterocycles. The van der Waals surface area contributed by atoms with Crippen LogP contribution in [0.15, 0.2) is 24.3 Å². The van der Waals surface area contributed by atoms with Crippen molar-refractivity contribution < 1.29 is 0 Å². The molecule has 0 atom stereocenters. The quantitative estimate of drug-likeness (QED) is 0.837. The lowest BCUT2D eigenvalue weighted by Gasteiger charge is -2.23. The summed E-state index contributed by atoms with van der Waals surface area (Å²) in [4.78, 5) is 4.50. The van der Waals surface area contributed by atoms with Crippen molar-refractivity contribution in [2.45, 2.75) is 19.4 Å². The molecule has 0 radical (unpaired) electrons. The zero-order chi connectivity index (χ0) is 10.9. The average Bonchev–Trinajstić information content (AvgIpc) is 2.58. The Hall–Kier alpha value is -1.13. The molecule has 0 fully saturated rings. The first-order valence-electron chi connectivity index (χ1n) is 4.94. The first kappa shape index (κ1) is 10.4. The lowest BCUT2D eigenvalue weighted by atomic mass is 10.1. The molecule has 0 aliphatic carbocycles. The summed E-state index contributed by atoms with van der Waals surface area (Å²) in [7, 11) is 0. The molecule has 0 saturated carbocycles. The monoisotopic (exact) mass is 221 g/mol. The van der Waals surface area contributed by atoms with Gasteiger partial charge in [0, 0.05) is 12.1 Å². The zero-order valence-corrected chi connectivity index (χ0v) is 9.77. The molecule has 0 unspecified atom stereocenters. The van der Waals surface area contributed by atoms with Crippen LogP contribution in [0.4, 0.5) is 5.13 Å². The Morgan fingerprint density at radius 1 is 1.40 bits per heavy atom. The standard InChI is InChI=1S/C11H15N3S/c1-11(2,7-12)14-10-13-8-5-3-4-6-9(8)15-10/h3-6H,7,12H2,1-2H3,(H,13,14). The van der Waals surface area contributed by atoms with Gasteiger partial charge in [-0.25, -0.2) is 4.98 Å². The number of rotatable bonds is 3. The van der Waals surface area contributed by atoms with Gasteiger partial charge in [-0.3, -0.25) is 0 Å². The fraction of sp³-hybridized carbons (Fsp3) is 0.364. The number of hydrogen-bond donors (Lipinski definition) is 2. The number of nitrogens with zero attached hydrogens (tertiary/aromatic N) is 1. The number of nitrogens with two attached hydrogens (primary N) is 1. The van der Waals surface area contributed by atoms with Gasteiger partial charge in [0.2, 0.25) is 0 Å². The molecule has 3 nitrogen and oxygen atoms in total. The number of para-hydroxylation sites is 1. The van der Waals surface area contributed by atoms with Gasteiger partial charge in [0.1, 0.15) is 0 Å². The van der Waals surface area contributed by atoms with Crippen LogP contribution in [-0.2, 0) is 0 Å². The van der Waals surface area contributed by atoms with E-state index in [2.05, 4.69) is 30.2 Å². The van der Waals surface area contributed by atoms with Crippen LogP contribution in [0.5, 0.6) is 0 Å². The van der Waals surface area contributed by atoms with E-state index in [-0.39, 0.29) is 5.54 Å². The summed E-state index contributed by atoms with van der Waals surface area (Å²) in [5.74, 6) is 0. The molecule has 80 valence electrons. The minimum Gasteiger partial charge on any atom is -0.355 e. The molecule has 2 aromatic rings. The first-order valence-corrected chi connectivity index (χ1v) is 5.76. The topological polar surface area (TPSA) is 50.9 Å². The van der Waals surface area contributed by atoms with E-state index in [0.29, 0.717) is 6.54 Å². The van der Waals surface area contributed by atoms with Gasteiger partial charge < -0.3 is 11.1 Å². The Morgan fingerprint density at radius 3 is 2.80 bits per heavy atom. The predicted molar refractivity (Wildman–Crippen MR) is 66.4 cm³/mol. The third-order valence-electron chi connectivity index (χ3n) is 2.25. The summed E-state index contributed by atoms with van der Waals surface area (Å²) in [6.07, 6.45) is 0. The molecule has 1 aromatic carbocycles. The Morgan fingerprint density at radius 2 is 2.13 bits per heavy atom. The molecule has 1 aromatic heterocycles. The highest BCUT2D eigenvalue weighted by atomic mass is 32.1. The molecule has 0 bridgehead atoms. The van der Waals surface area contributed by atoms with Crippen LogP contribution in [-0.4, -0.2) is 17.1 Å². The molecular weight excluding hydrogens is 206 g/mol. The van der Waals surface area contributed by atoms with Gasteiger partial charge >= 0.3 is 0 Å². The number of anilines is 1. The molecule has 0 saturated heterocycles. The summed E-state index contributed by atoms with van der Waals surface area (Å²) in [6, 6.07) is 8.12. The van der Waals surface area contributed by atoms with Gasteiger partial charge in [-0.05, 0) is 26.0 Å². The number of hydrogen-bond acceptors (Lipinski definition) is 4. The third kappa shape index (κ3) is 2.27. The molecular formula is C11H15N3S. The van der Waals surface area contributed by atoms with Crippen LogP contribution < -0.4 is 11.1 Å². The number of thiazole rings is 1. The van der Waals surface area contributed by atoms with Gasteiger partial charge in [0.25, 0.3) is 0 Å². The van der Waals surface area contributed by atoms with E-state index in [4.69, 9.17) is 5.73 Å². The minimum atomic E-state index is -0.103. The molecule has 2 rings (SSSR count). The van der Waals surface area contributed by atoms with E-state index in [1.807, 2.05) is 18.2 Å². The summed E-state index contributed by atoms with van der Waals surface area (Å²) >= 11 is 1.66. The fourth-order valence-electron chi connectivity index (χ4n) is 1.27. The van der Waals surface area contributed by atoms with Crippen LogP contribution >= 0.6 is 11.3 Å². The maximum absolute atomic E-state index is 5.66. The first-order chi connectivity index (χ1) is 7.11. The van der Waals surface area contributed by atoms with E-state index in [1.54, 1.807) is 11.3 Å². The van der Waals surface area contributed by atoms with Crippen molar-refractivity contribution in [2.24, 2.45) is 5.73 Å². The summed E-state index contributed by atoms with van der Waals surface area (Å²) in [5, 5.41) is 4.28. The van der Waals surface area contributed by atoms with Crippen LogP contribution in [0.3, 0.4) is 0 Å². The molecule has 0 amide bonds. The number of aromatic nitrogens is 1. The lowest BCUT2D eigenvalue weighted by molar-refractivity contribution is 0.580. The van der Waals surface area contributed by atoms with Crippen molar-refractivity contribution in [3.05, 3.63) is 24.3 Å². The maximum Gasteiger partial charge on any atom is 0.184 e. The van der Waals surface area contributed by atoms with Crippen LogP contribution in [0, 0.1) is 0 Å². The van der Waals surface area contributed by atoms with Gasteiger partial charge in [-0.15, -0.1) is 0 Å². The second kappa shape index (κ2) is 3.79. The minimum absolute atomic E-state index is 0.103. The Labute approximate surface area is 93.3 Å². The van der Waals surface area contributed by atoms with Crippen molar-refractivity contribution in [1.29, 1.82) is 0 Å². The lowest BCUT2D eigenvalue weighted by Crippen LogP contribution is -2.39. The van der Waals surface area contributed by atoms with Crippen LogP contribution in [0.2, 0.25) is 0 Å². The number of nitrogens with one attached hydrogen (secondary N) is 1. The highest BCUT2D eigenvalue weighted by Gasteiger charge is 2.16. The van der Waals surface area contributed by atoms with Crippen LogP contribution in [0.1, 0.15) is 13.8 Å². The highest BCUT2D eigenvalue weighted by molar-refractivity contribution is 7.22. The predicted octanol–water partition coefficient (Wildman–Crippen LogP) is 2.45. The van der Waals surface area contributed by atoms with Crippen molar-refractivity contribution in [3.63, 3.8) is 0 Å². The van der Waals surface area contributed by atoms with Crippen molar-refractivity contribution >= 4 is 26.7 Å². The van der Waals surface area contributed by atoms with Crippen molar-refractivity contribution in [3.8, 4) is 0 Å². The normalized spacial score (nSPS) is 11.9. The van der Waals surface area contributed by atoms with E-state index >= 15 is 0 Å². The fourth-order valence-corrected chi connectivity index (χ4v) is 2.31. The van der Waals surface area contributed by atoms with Gasteiger partial charge in [-0.1, -0.05) is 23.5 Å². The Bertz CT molecular complexity index is 429. The highest BCUT2D eigenvalue weighted by Crippen LogP contribution is 2.27. The molecule has 4 heteroatoms. The molecule has 15 heavy (non-hydrogen) atoms. The molecule has 0 aliphatic rings. The summed E-state index contributed by atoms with van der Waals surface area (Å²) < 4.78 is 1.20. The van der Waals surface area contributed by atoms with E-state index in [0.717, 1.165) is 10.6 Å². The van der Waals surface area contributed by atoms with Crippen molar-refractivity contribution in [2.75, 3.05) is 11.9 Å². The van der Waals surface area contributed by atoms with Gasteiger partial charge in [-0.2, -0.15) is 0 Å². The van der Waals surface area contributed by atoms with Gasteiger partial charge in [0.05, 0.1) is 10.2 Å². The largest absolute Gasteiger partial charge is 0.355 e. The second-order valence-electron chi connectivity index (χ2n) is 4.20. The SMILES string of the molecule is CC(C)(CN)Nc1nc2ccccc2s1. The molecule has 0 spiro atoms. The Balaban J connectivity index is 2.30. The van der Waals surface area contributed by atoms with Gasteiger partial charge in [0.15, 0.2) is 5.13 Å². The third-order valence-corrected chi connectivity index (χ3v) is 3.20. The van der Waals surface area contributed by atoms with E-state index in [1.165, 1.54) is 4.70 Å². The summed E-state index contributed by atoms with van der Waals surface area (Å²) in [6.45, 7) is 4.72. The number of benzene rings is 1. The van der Waals surface area contributed by atoms with E-state index < -0.39 is 0 Å². The molecule has 1 heterocycles. The average molecular weight is 221 g/mol. The maximum atomic E-state index is 5.66. The van der Waals surface area contributed by atoms with Crippen molar-refractivity contribution in [1.82, 2.24) is 4.98 Å². The molecule has 3 N–H and O–H groups in total. The zero-order valence-electron chi connectivity index (χ0n) is 8.95. The Kier molecular flexibility index (Phi) is 2.63.